The summed E-state index contributed by atoms with van der Waals surface area (Å²) in [6.07, 6.45) is 0. The summed E-state index contributed by atoms with van der Waals surface area (Å²) in [7, 11) is -1.26. The molecule has 0 bridgehead atoms. The number of benzene rings is 1. The zero-order valence-corrected chi connectivity index (χ0v) is 14.7. The number of thiophene rings is 1. The van der Waals surface area contributed by atoms with Gasteiger partial charge in [-0.3, -0.25) is 4.21 Å². The molecule has 0 aliphatic heterocycles. The lowest BCUT2D eigenvalue weighted by atomic mass is 10.4. The Bertz CT molecular complexity index is 828. The highest BCUT2D eigenvalue weighted by Crippen LogP contribution is 2.28. The van der Waals surface area contributed by atoms with E-state index in [0.29, 0.717) is 32.3 Å². The third-order valence-corrected chi connectivity index (χ3v) is 5.96. The summed E-state index contributed by atoms with van der Waals surface area (Å²) in [5.74, 6) is 1.52. The minimum Gasteiger partial charge on any atom is -0.440 e. The van der Waals surface area contributed by atoms with Gasteiger partial charge in [0.2, 0.25) is 5.89 Å². The first kappa shape index (κ1) is 15.7. The Morgan fingerprint density at radius 2 is 2.09 bits per heavy atom. The monoisotopic (exact) mass is 371 g/mol. The van der Waals surface area contributed by atoms with Crippen molar-refractivity contribution in [2.75, 3.05) is 0 Å². The van der Waals surface area contributed by atoms with Crippen LogP contribution in [0.3, 0.4) is 0 Å². The summed E-state index contributed by atoms with van der Waals surface area (Å²) in [5.41, 5.74) is 0.688. The Balaban J connectivity index is 1.83. The van der Waals surface area contributed by atoms with E-state index in [-0.39, 0.29) is 5.75 Å². The molecule has 0 N–H and O–H groups in total. The summed E-state index contributed by atoms with van der Waals surface area (Å²) in [6.45, 7) is 1.82. The van der Waals surface area contributed by atoms with Crippen molar-refractivity contribution in [1.82, 2.24) is 4.98 Å². The van der Waals surface area contributed by atoms with E-state index in [9.17, 15) is 4.21 Å². The van der Waals surface area contributed by atoms with Gasteiger partial charge < -0.3 is 4.42 Å². The fraction of sp³-hybridized carbons (Fsp3) is 0.133. The van der Waals surface area contributed by atoms with Crippen LogP contribution in [0, 0.1) is 6.92 Å². The van der Waals surface area contributed by atoms with Gasteiger partial charge in [-0.15, -0.1) is 11.3 Å². The number of halogens is 2. The summed E-state index contributed by atoms with van der Waals surface area (Å²) < 4.78 is 18.1. The number of hydrogen-bond acceptors (Lipinski definition) is 4. The van der Waals surface area contributed by atoms with Crippen molar-refractivity contribution < 1.29 is 8.63 Å². The molecule has 0 unspecified atom stereocenters. The van der Waals surface area contributed by atoms with Gasteiger partial charge in [-0.1, -0.05) is 29.3 Å². The number of oxazole rings is 1. The Hall–Kier alpha value is -1.14. The molecule has 0 saturated heterocycles. The Morgan fingerprint density at radius 3 is 2.77 bits per heavy atom. The maximum Gasteiger partial charge on any atom is 0.236 e. The summed E-state index contributed by atoms with van der Waals surface area (Å²) >= 11 is 13.4. The molecule has 0 saturated carbocycles. The van der Waals surface area contributed by atoms with Gasteiger partial charge in [0.15, 0.2) is 0 Å². The second-order valence-electron chi connectivity index (χ2n) is 4.56. The molecular weight excluding hydrogens is 361 g/mol. The quantitative estimate of drug-likeness (QED) is 0.622. The van der Waals surface area contributed by atoms with Gasteiger partial charge in [0, 0.05) is 4.90 Å². The first-order valence-electron chi connectivity index (χ1n) is 6.38. The van der Waals surface area contributed by atoms with Crippen molar-refractivity contribution >= 4 is 45.3 Å². The molecule has 0 radical (unpaired) electrons. The van der Waals surface area contributed by atoms with Crippen LogP contribution in [0.5, 0.6) is 0 Å². The van der Waals surface area contributed by atoms with Crippen LogP contribution in [0.15, 0.2) is 45.0 Å². The van der Waals surface area contributed by atoms with Crippen molar-refractivity contribution in [3.05, 3.63) is 57.2 Å². The summed E-state index contributed by atoms with van der Waals surface area (Å²) in [4.78, 5) is 6.02. The molecule has 3 rings (SSSR count). The van der Waals surface area contributed by atoms with Crippen molar-refractivity contribution in [3.63, 3.8) is 0 Å². The number of aryl methyl sites for hydroxylation is 1. The average Bonchev–Trinajstić information content (AvgIpc) is 3.12. The van der Waals surface area contributed by atoms with Crippen LogP contribution in [0.2, 0.25) is 10.0 Å². The van der Waals surface area contributed by atoms with E-state index in [4.69, 9.17) is 27.6 Å². The first-order chi connectivity index (χ1) is 10.5. The molecule has 0 aliphatic rings. The lowest BCUT2D eigenvalue weighted by Gasteiger charge is -2.02. The average molecular weight is 372 g/mol. The molecule has 0 spiro atoms. The van der Waals surface area contributed by atoms with Crippen LogP contribution in [0.4, 0.5) is 0 Å². The molecule has 22 heavy (non-hydrogen) atoms. The van der Waals surface area contributed by atoms with Crippen molar-refractivity contribution in [2.45, 2.75) is 17.6 Å². The molecule has 1 aromatic carbocycles. The SMILES string of the molecule is Cc1oc(-c2cccs2)nc1C[S@@](=O)c1ccc(Cl)c(Cl)c1. The zero-order valence-electron chi connectivity index (χ0n) is 11.5. The molecule has 1 atom stereocenters. The third kappa shape index (κ3) is 3.27. The van der Waals surface area contributed by atoms with Gasteiger partial charge in [0.25, 0.3) is 0 Å². The minimum absolute atomic E-state index is 0.276. The van der Waals surface area contributed by atoms with Gasteiger partial charge in [-0.05, 0) is 36.6 Å². The normalized spacial score (nSPS) is 12.5. The summed E-state index contributed by atoms with van der Waals surface area (Å²) in [6, 6.07) is 8.85. The van der Waals surface area contributed by atoms with Gasteiger partial charge in [0.1, 0.15) is 5.76 Å². The van der Waals surface area contributed by atoms with Crippen molar-refractivity contribution in [3.8, 4) is 10.8 Å². The second-order valence-corrected chi connectivity index (χ2v) is 7.78. The van der Waals surface area contributed by atoms with E-state index in [1.165, 1.54) is 0 Å². The highest BCUT2D eigenvalue weighted by Gasteiger charge is 2.16. The molecule has 3 nitrogen and oxygen atoms in total. The molecule has 114 valence electrons. The molecule has 2 aromatic heterocycles. The van der Waals surface area contributed by atoms with Crippen LogP contribution < -0.4 is 0 Å². The largest absolute Gasteiger partial charge is 0.440 e. The minimum atomic E-state index is -1.26. The van der Waals surface area contributed by atoms with E-state index in [1.54, 1.807) is 29.5 Å². The number of nitrogens with zero attached hydrogens (tertiary/aromatic N) is 1. The molecule has 2 heterocycles. The predicted octanol–water partition coefficient (Wildman–Crippen LogP) is 5.33. The topological polar surface area (TPSA) is 43.1 Å². The maximum atomic E-state index is 12.5. The number of rotatable bonds is 4. The van der Waals surface area contributed by atoms with E-state index < -0.39 is 10.8 Å². The van der Waals surface area contributed by atoms with E-state index in [0.717, 1.165) is 4.88 Å². The molecular formula is C15H11Cl2NO2S2. The van der Waals surface area contributed by atoms with E-state index in [2.05, 4.69) is 4.98 Å². The lowest BCUT2D eigenvalue weighted by molar-refractivity contribution is 0.541. The van der Waals surface area contributed by atoms with E-state index in [1.807, 2.05) is 24.4 Å². The molecule has 3 aromatic rings. The first-order valence-corrected chi connectivity index (χ1v) is 9.33. The fourth-order valence-electron chi connectivity index (χ4n) is 1.89. The highest BCUT2D eigenvalue weighted by atomic mass is 35.5. The highest BCUT2D eigenvalue weighted by molar-refractivity contribution is 7.84. The van der Waals surface area contributed by atoms with Gasteiger partial charge in [-0.25, -0.2) is 4.98 Å². The molecule has 7 heteroatoms. The van der Waals surface area contributed by atoms with Gasteiger partial charge >= 0.3 is 0 Å². The maximum absolute atomic E-state index is 12.5. The smallest absolute Gasteiger partial charge is 0.236 e. The zero-order chi connectivity index (χ0) is 15.7. The van der Waals surface area contributed by atoms with Crippen molar-refractivity contribution in [2.24, 2.45) is 0 Å². The van der Waals surface area contributed by atoms with Gasteiger partial charge in [0.05, 0.1) is 37.2 Å². The second kappa shape index (κ2) is 6.54. The third-order valence-electron chi connectivity index (χ3n) is 3.05. The van der Waals surface area contributed by atoms with Crippen LogP contribution in [0.1, 0.15) is 11.5 Å². The predicted molar refractivity (Wildman–Crippen MR) is 91.1 cm³/mol. The molecule has 0 aliphatic carbocycles. The van der Waals surface area contributed by atoms with Gasteiger partial charge in [-0.2, -0.15) is 0 Å². The molecule has 0 amide bonds. The Labute approximate surface area is 144 Å². The van der Waals surface area contributed by atoms with E-state index >= 15 is 0 Å². The number of aromatic nitrogens is 1. The Morgan fingerprint density at radius 1 is 1.27 bits per heavy atom. The van der Waals surface area contributed by atoms with Crippen LogP contribution in [-0.4, -0.2) is 9.19 Å². The molecule has 0 fully saturated rings. The van der Waals surface area contributed by atoms with Crippen LogP contribution in [0.25, 0.3) is 10.8 Å². The lowest BCUT2D eigenvalue weighted by Crippen LogP contribution is -1.98. The fourth-order valence-corrected chi connectivity index (χ4v) is 4.06. The standard InChI is InChI=1S/C15H11Cl2NO2S2/c1-9-13(18-15(20-9)14-3-2-6-21-14)8-22(19)10-4-5-11(16)12(17)7-10/h2-7H,8H2,1H3/t22-/m1/s1. The van der Waals surface area contributed by atoms with Crippen molar-refractivity contribution in [1.29, 1.82) is 0 Å². The van der Waals surface area contributed by atoms with Crippen LogP contribution >= 0.6 is 34.5 Å². The summed E-state index contributed by atoms with van der Waals surface area (Å²) in [5, 5.41) is 2.80. The Kier molecular flexibility index (Phi) is 4.68. The number of hydrogen-bond donors (Lipinski definition) is 0. The van der Waals surface area contributed by atoms with Crippen LogP contribution in [-0.2, 0) is 16.6 Å².